The molecule has 11 heteroatoms. The van der Waals surface area contributed by atoms with Crippen molar-refractivity contribution in [3.05, 3.63) is 29.3 Å². The number of carboxylic acids is 1. The minimum Gasteiger partial charge on any atom is -0.481 e. The van der Waals surface area contributed by atoms with Gasteiger partial charge in [-0.2, -0.15) is 18.4 Å². The first-order chi connectivity index (χ1) is 16.3. The summed E-state index contributed by atoms with van der Waals surface area (Å²) in [5.41, 5.74) is -3.99. The molecule has 3 aliphatic heterocycles. The van der Waals surface area contributed by atoms with E-state index in [0.717, 1.165) is 23.8 Å². The van der Waals surface area contributed by atoms with Gasteiger partial charge in [-0.3, -0.25) is 19.3 Å². The Morgan fingerprint density at radius 2 is 1.74 bits per heavy atom. The number of morpholine rings is 1. The van der Waals surface area contributed by atoms with Crippen molar-refractivity contribution < 1.29 is 37.4 Å². The van der Waals surface area contributed by atoms with Gasteiger partial charge in [0.05, 0.1) is 45.9 Å². The molecule has 3 fully saturated rings. The second kappa shape index (κ2) is 8.60. The summed E-state index contributed by atoms with van der Waals surface area (Å²) in [5, 5.41) is 17.8. The highest BCUT2D eigenvalue weighted by atomic mass is 19.4. The van der Waals surface area contributed by atoms with Crippen molar-refractivity contribution >= 4 is 23.5 Å². The number of rotatable bonds is 7. The maximum Gasteiger partial charge on any atom is 0.417 e. The van der Waals surface area contributed by atoms with Crippen molar-refractivity contribution in [2.75, 3.05) is 24.5 Å². The van der Waals surface area contributed by atoms with Gasteiger partial charge in [-0.1, -0.05) is 6.42 Å². The van der Waals surface area contributed by atoms with E-state index in [-0.39, 0.29) is 12.1 Å². The van der Waals surface area contributed by atoms with Gasteiger partial charge < -0.3 is 9.84 Å². The molecule has 1 aromatic rings. The molecule has 4 atom stereocenters. The number of fused-ring (bicyclic) bond motifs is 5. The van der Waals surface area contributed by atoms with E-state index in [9.17, 15) is 27.6 Å². The molecular weight excluding hydrogens is 467 g/mol. The number of hydrogen-bond donors (Lipinski definition) is 1. The molecule has 3 unspecified atom stereocenters. The van der Waals surface area contributed by atoms with Crippen LogP contribution in [0.25, 0.3) is 0 Å². The number of carbonyl (C=O) groups excluding carboxylic acids is 2. The molecular formula is C24H26F3N3O5. The van der Waals surface area contributed by atoms with E-state index in [1.807, 2.05) is 0 Å². The number of anilines is 1. The molecule has 1 N–H and O–H groups in total. The van der Waals surface area contributed by atoms with Crippen LogP contribution in [0.4, 0.5) is 18.9 Å². The fourth-order valence-corrected chi connectivity index (χ4v) is 5.97. The lowest BCUT2D eigenvalue weighted by Gasteiger charge is -2.45. The molecule has 188 valence electrons. The topological polar surface area (TPSA) is 111 Å². The van der Waals surface area contributed by atoms with Crippen LogP contribution in [0.3, 0.4) is 0 Å². The number of ether oxygens (including phenoxy) is 1. The molecule has 35 heavy (non-hydrogen) atoms. The molecule has 2 bridgehead atoms. The second-order valence-electron chi connectivity index (χ2n) is 9.95. The molecule has 0 aromatic heterocycles. The summed E-state index contributed by atoms with van der Waals surface area (Å²) in [6.07, 6.45) is -2.65. The number of carboxylic acid groups (broad SMARTS) is 1. The van der Waals surface area contributed by atoms with E-state index >= 15 is 0 Å². The van der Waals surface area contributed by atoms with Gasteiger partial charge in [-0.05, 0) is 51.4 Å². The van der Waals surface area contributed by atoms with Crippen molar-refractivity contribution in [2.45, 2.75) is 56.9 Å². The third kappa shape index (κ3) is 4.29. The van der Waals surface area contributed by atoms with E-state index in [2.05, 4.69) is 4.90 Å². The van der Waals surface area contributed by atoms with Crippen LogP contribution in [0.5, 0.6) is 0 Å². The number of nitrogens with zero attached hydrogens (tertiary/aromatic N) is 3. The van der Waals surface area contributed by atoms with E-state index in [1.165, 1.54) is 12.1 Å². The summed E-state index contributed by atoms with van der Waals surface area (Å²) in [7, 11) is 0. The van der Waals surface area contributed by atoms with Crippen molar-refractivity contribution in [3.8, 4) is 6.07 Å². The molecule has 0 saturated carbocycles. The Bertz CT molecular complexity index is 1080. The lowest BCUT2D eigenvalue weighted by Crippen LogP contribution is -2.58. The summed E-state index contributed by atoms with van der Waals surface area (Å²) in [5.74, 6) is -3.74. The summed E-state index contributed by atoms with van der Waals surface area (Å²) < 4.78 is 46.7. The lowest BCUT2D eigenvalue weighted by atomic mass is 9.79. The van der Waals surface area contributed by atoms with Crippen LogP contribution in [0.15, 0.2) is 18.2 Å². The Morgan fingerprint density at radius 3 is 2.26 bits per heavy atom. The molecule has 0 spiro atoms. The fraction of sp³-hybridized carbons (Fsp3) is 0.583. The minimum atomic E-state index is -4.81. The van der Waals surface area contributed by atoms with E-state index in [4.69, 9.17) is 15.1 Å². The van der Waals surface area contributed by atoms with Gasteiger partial charge in [0, 0.05) is 19.5 Å². The number of halogens is 3. The minimum absolute atomic E-state index is 0.104. The molecule has 2 amide bonds. The van der Waals surface area contributed by atoms with Gasteiger partial charge in [0.15, 0.2) is 0 Å². The largest absolute Gasteiger partial charge is 0.481 e. The van der Waals surface area contributed by atoms with Crippen LogP contribution in [-0.4, -0.2) is 58.6 Å². The second-order valence-corrected chi connectivity index (χ2v) is 9.95. The predicted octanol–water partition coefficient (Wildman–Crippen LogP) is 3.19. The highest BCUT2D eigenvalue weighted by Gasteiger charge is 2.71. The number of unbranched alkanes of at least 4 members (excludes halogenated alkanes) is 2. The van der Waals surface area contributed by atoms with E-state index in [0.29, 0.717) is 32.1 Å². The van der Waals surface area contributed by atoms with Gasteiger partial charge in [0.25, 0.3) is 0 Å². The zero-order valence-electron chi connectivity index (χ0n) is 19.4. The fourth-order valence-electron chi connectivity index (χ4n) is 5.97. The Kier molecular flexibility index (Phi) is 6.18. The number of alkyl halides is 3. The highest BCUT2D eigenvalue weighted by molar-refractivity contribution is 6.23. The van der Waals surface area contributed by atoms with Crippen molar-refractivity contribution in [1.82, 2.24) is 4.90 Å². The molecule has 4 rings (SSSR count). The SMILES string of the molecule is CC12CN(CCCCCC(=O)O)CC(C)(O1)[C@@H]1C(=O)N(c3ccc(C#N)c(C(F)(F)F)c3)C(=O)C12. The smallest absolute Gasteiger partial charge is 0.417 e. The van der Waals surface area contributed by atoms with Crippen LogP contribution in [0.1, 0.15) is 50.7 Å². The summed E-state index contributed by atoms with van der Waals surface area (Å²) in [6, 6.07) is 4.34. The molecule has 3 aliphatic rings. The first-order valence-corrected chi connectivity index (χ1v) is 11.4. The predicted molar refractivity (Wildman–Crippen MR) is 116 cm³/mol. The number of benzene rings is 1. The Labute approximate surface area is 200 Å². The van der Waals surface area contributed by atoms with Crippen LogP contribution in [-0.2, 0) is 25.3 Å². The number of likely N-dealkylation sites (tertiary alicyclic amines) is 1. The number of aliphatic carboxylic acids is 1. The van der Waals surface area contributed by atoms with Crippen LogP contribution >= 0.6 is 0 Å². The summed E-state index contributed by atoms with van der Waals surface area (Å²) in [4.78, 5) is 40.6. The number of nitriles is 1. The van der Waals surface area contributed by atoms with E-state index in [1.54, 1.807) is 13.8 Å². The lowest BCUT2D eigenvalue weighted by molar-refractivity contribution is -0.169. The van der Waals surface area contributed by atoms with Crippen LogP contribution in [0, 0.1) is 23.2 Å². The molecule has 3 saturated heterocycles. The molecule has 3 heterocycles. The van der Waals surface area contributed by atoms with Gasteiger partial charge in [-0.25, -0.2) is 4.90 Å². The van der Waals surface area contributed by atoms with Gasteiger partial charge in [0.2, 0.25) is 11.8 Å². The Balaban J connectivity index is 1.57. The zero-order chi connectivity index (χ0) is 25.8. The first-order valence-electron chi connectivity index (χ1n) is 11.4. The molecule has 0 aliphatic carbocycles. The van der Waals surface area contributed by atoms with Gasteiger partial charge >= 0.3 is 12.1 Å². The molecule has 0 radical (unpaired) electrons. The van der Waals surface area contributed by atoms with Gasteiger partial charge in [0.1, 0.15) is 0 Å². The number of hydrogen-bond acceptors (Lipinski definition) is 6. The van der Waals surface area contributed by atoms with Crippen molar-refractivity contribution in [2.24, 2.45) is 11.8 Å². The normalized spacial score (nSPS) is 30.5. The Morgan fingerprint density at radius 1 is 1.14 bits per heavy atom. The van der Waals surface area contributed by atoms with Crippen LogP contribution in [0.2, 0.25) is 0 Å². The molecule has 1 aromatic carbocycles. The average Bonchev–Trinajstić information content (AvgIpc) is 3.12. The van der Waals surface area contributed by atoms with Crippen molar-refractivity contribution in [3.63, 3.8) is 0 Å². The summed E-state index contributed by atoms with van der Waals surface area (Å²) >= 11 is 0. The quantitative estimate of drug-likeness (QED) is 0.459. The third-order valence-corrected chi connectivity index (χ3v) is 7.22. The zero-order valence-corrected chi connectivity index (χ0v) is 19.4. The van der Waals surface area contributed by atoms with E-state index < -0.39 is 58.1 Å². The standard InChI is InChI=1S/C24H26F3N3O5/c1-22-12-29(9-5-3-4-6-17(31)32)13-23(2,35-22)19-18(22)20(33)30(21(19)34)15-8-7-14(11-28)16(10-15)24(25,26)27/h7-8,10,18-19H,3-6,9,12-13H2,1-2H3,(H,31,32)/t18-,19?,22?,23?/m0/s1. The number of carbonyl (C=O) groups is 3. The maximum absolute atomic E-state index is 13.5. The number of amides is 2. The maximum atomic E-state index is 13.5. The van der Waals surface area contributed by atoms with Crippen molar-refractivity contribution in [1.29, 1.82) is 5.26 Å². The van der Waals surface area contributed by atoms with Gasteiger partial charge in [-0.15, -0.1) is 0 Å². The summed E-state index contributed by atoms with van der Waals surface area (Å²) in [6.45, 7) is 4.90. The first kappa shape index (κ1) is 25.1. The average molecular weight is 493 g/mol. The van der Waals surface area contributed by atoms with Crippen LogP contribution < -0.4 is 4.90 Å². The monoisotopic (exact) mass is 493 g/mol. The number of imide groups is 1. The molecule has 8 nitrogen and oxygen atoms in total. The Hall–Kier alpha value is -2.97. The highest BCUT2D eigenvalue weighted by Crippen LogP contribution is 2.55. The third-order valence-electron chi connectivity index (χ3n) is 7.22.